The number of fused-ring (bicyclic) bond motifs is 2. The molecule has 0 saturated carbocycles. The Bertz CT molecular complexity index is 3790. The number of methoxy groups -OCH3 is 2. The number of hydrogen-bond acceptors (Lipinski definition) is 15. The third-order valence-electron chi connectivity index (χ3n) is 10.8. The van der Waals surface area contributed by atoms with Crippen molar-refractivity contribution in [1.29, 1.82) is 0 Å². The van der Waals surface area contributed by atoms with Crippen molar-refractivity contribution < 1.29 is 55.5 Å². The average Bonchev–Trinajstić information content (AvgIpc) is 3.35. The van der Waals surface area contributed by atoms with E-state index in [0.717, 1.165) is 24.3 Å². The van der Waals surface area contributed by atoms with E-state index in [-0.39, 0.29) is 98.5 Å². The second kappa shape index (κ2) is 23.6. The summed E-state index contributed by atoms with van der Waals surface area (Å²) in [7, 11) is -6.18. The van der Waals surface area contributed by atoms with Crippen LogP contribution in [0.3, 0.4) is 0 Å². The predicted octanol–water partition coefficient (Wildman–Crippen LogP) is 11.0. The minimum atomic E-state index is -4.56. The summed E-state index contributed by atoms with van der Waals surface area (Å²) in [5, 5.41) is 58.6. The first-order chi connectivity index (χ1) is 34.2. The van der Waals surface area contributed by atoms with Crippen molar-refractivity contribution in [2.75, 3.05) is 19.5 Å². The van der Waals surface area contributed by atoms with Crippen LogP contribution in [0.4, 0.5) is 34.1 Å². The molecule has 18 nitrogen and oxygen atoms in total. The van der Waals surface area contributed by atoms with Crippen LogP contribution >= 0.6 is 23.2 Å². The number of nitrogens with zero attached hydrogens (tertiary/aromatic N) is 5. The number of carbonyl (C=O) groups excluding carboxylic acids is 1. The largest absolute Gasteiger partial charge is 2.00 e. The Kier molecular flexibility index (Phi) is 18.1. The third kappa shape index (κ3) is 12.9. The number of phenols is 1. The smallest absolute Gasteiger partial charge is 0.871 e. The van der Waals surface area contributed by atoms with E-state index in [1.54, 1.807) is 111 Å². The van der Waals surface area contributed by atoms with Gasteiger partial charge in [0.15, 0.2) is 5.75 Å². The van der Waals surface area contributed by atoms with Crippen LogP contribution < -0.4 is 25.0 Å². The Morgan fingerprint density at radius 3 is 1.59 bits per heavy atom. The molecule has 8 rings (SSSR count). The molecule has 23 heteroatoms. The number of anilines is 1. The molecule has 73 heavy (non-hydrogen) atoms. The fourth-order valence-corrected chi connectivity index (χ4v) is 8.60. The molecule has 0 radical (unpaired) electrons. The number of para-hydroxylation sites is 4. The molecule has 8 aromatic rings. The van der Waals surface area contributed by atoms with Crippen LogP contribution in [0.2, 0.25) is 10.0 Å². The van der Waals surface area contributed by atoms with Gasteiger partial charge < -0.3 is 30.1 Å². The number of amides is 1. The first-order valence-electron chi connectivity index (χ1n) is 20.9. The van der Waals surface area contributed by atoms with Gasteiger partial charge in [-0.2, -0.15) is 32.2 Å². The number of nitrogens with one attached hydrogen (secondary N) is 1. The van der Waals surface area contributed by atoms with E-state index in [9.17, 15) is 46.1 Å². The van der Waals surface area contributed by atoms with Gasteiger partial charge in [-0.1, -0.05) is 102 Å². The molecule has 0 aliphatic carbocycles. The summed E-state index contributed by atoms with van der Waals surface area (Å²) in [5.74, 6) is -1.73. The Hall–Kier alpha value is -6.41. The minimum absolute atomic E-state index is 0. The molecule has 0 aliphatic heterocycles. The Balaban J connectivity index is 0.000000235. The van der Waals surface area contributed by atoms with Gasteiger partial charge in [-0.3, -0.25) is 18.9 Å². The average molecular weight is 1190 g/mol. The van der Waals surface area contributed by atoms with E-state index < -0.39 is 53.3 Å². The molecule has 0 heterocycles. The van der Waals surface area contributed by atoms with Crippen molar-refractivity contribution in [3.8, 4) is 23.0 Å². The zero-order valence-corrected chi connectivity index (χ0v) is 46.3. The second-order valence-corrected chi connectivity index (χ2v) is 19.0. The van der Waals surface area contributed by atoms with Crippen LogP contribution in [0.25, 0.3) is 21.5 Å². The Labute approximate surface area is 468 Å². The number of rotatable bonds is 12. The summed E-state index contributed by atoms with van der Waals surface area (Å²) in [6, 6.07) is 34.5. The maximum Gasteiger partial charge on any atom is 2.00 e. The summed E-state index contributed by atoms with van der Waals surface area (Å²) in [6.45, 7) is 3.17. The van der Waals surface area contributed by atoms with Gasteiger partial charge in [0, 0.05) is 20.8 Å². The summed E-state index contributed by atoms with van der Waals surface area (Å²) in [5.41, 5.74) is 1.10. The third-order valence-corrected chi connectivity index (χ3v) is 13.2. The molecule has 4 N–H and O–H groups in total. The molecule has 0 aliphatic rings. The number of aliphatic imine (C=N–C) groups is 1. The summed E-state index contributed by atoms with van der Waals surface area (Å²) in [4.78, 5) is 16.2. The quantitative estimate of drug-likeness (QED) is 0.0292. The fourth-order valence-electron chi connectivity index (χ4n) is 6.98. The van der Waals surface area contributed by atoms with E-state index in [4.69, 9.17) is 32.7 Å². The summed E-state index contributed by atoms with van der Waals surface area (Å²) < 4.78 is 75.6. The molecule has 0 unspecified atom stereocenters. The number of azo groups is 2. The van der Waals surface area contributed by atoms with Gasteiger partial charge in [0.1, 0.15) is 22.9 Å². The second-order valence-electron chi connectivity index (χ2n) is 15.4. The van der Waals surface area contributed by atoms with Crippen LogP contribution in [0, 0.1) is 13.8 Å². The number of benzene rings is 8. The van der Waals surface area contributed by atoms with Crippen molar-refractivity contribution >= 4 is 160 Å². The fraction of sp³-hybridized carbons (Fsp3) is 0.0800. The maximum absolute atomic E-state index is 13.3. The van der Waals surface area contributed by atoms with Crippen molar-refractivity contribution in [3.63, 3.8) is 0 Å². The van der Waals surface area contributed by atoms with Gasteiger partial charge in [0.2, 0.25) is 0 Å². The molecule has 0 saturated heterocycles. The molecular weight excluding hydrogens is 1150 g/mol. The van der Waals surface area contributed by atoms with Crippen molar-refractivity contribution in [2.24, 2.45) is 25.4 Å². The molecule has 0 spiro atoms. The number of carbonyl (C=O) groups is 1. The molecule has 8 aromatic carbocycles. The monoisotopic (exact) mass is 1190 g/mol. The standard InChI is InChI=1S/2C25H20ClN3O6S.Ba/c2*1-14-19(26)12-16(36(32,33)34)13-21(14)28-29-23-17-8-4-3-7-15(17)11-18(24(23)30)25(31)27-20-9-5-6-10-22(20)35-2;/h2*3-13,30H,1-2H3,(H,27,31)(H,32,33,34);/q;;+2/p-2. The summed E-state index contributed by atoms with van der Waals surface area (Å²) in [6.07, 6.45) is 0. The van der Waals surface area contributed by atoms with Gasteiger partial charge in [0.05, 0.1) is 52.3 Å². The number of halogens is 2. The van der Waals surface area contributed by atoms with Crippen LogP contribution in [0.1, 0.15) is 27.0 Å². The summed E-state index contributed by atoms with van der Waals surface area (Å²) >= 11 is 12.2. The van der Waals surface area contributed by atoms with Crippen molar-refractivity contribution in [3.05, 3.63) is 166 Å². The SMILES string of the molecule is COc1ccccc1N=C([O-])c1cc2ccccc2c(N=Nc2cc(S(=O)(=O)O)cc(Cl)c2C)c1[O-].COc1ccccc1NC(=O)c1cc2ccccc2c(N=Nc2cc(S(=O)(=O)O)cc(Cl)c2C)c1O.[Ba+2]. The molecule has 1 amide bonds. The first kappa shape index (κ1) is 55.9. The molecule has 0 fully saturated rings. The number of phenolic OH excluding ortho intramolecular Hbond substituents is 1. The van der Waals surface area contributed by atoms with Crippen LogP contribution in [-0.2, 0) is 20.2 Å². The Morgan fingerprint density at radius 2 is 1.05 bits per heavy atom. The molecule has 0 bridgehead atoms. The van der Waals surface area contributed by atoms with Gasteiger partial charge in [-0.15, -0.1) is 5.11 Å². The van der Waals surface area contributed by atoms with Gasteiger partial charge in [-0.05, 0) is 108 Å². The topological polar surface area (TPSA) is 284 Å². The van der Waals surface area contributed by atoms with Crippen molar-refractivity contribution in [2.45, 2.75) is 23.6 Å². The zero-order valence-electron chi connectivity index (χ0n) is 38.7. The number of aromatic hydroxyl groups is 1. The molecule has 0 aromatic heterocycles. The zero-order chi connectivity index (χ0) is 52.1. The van der Waals surface area contributed by atoms with E-state index in [2.05, 4.69) is 30.8 Å². The normalized spacial score (nSPS) is 11.9. The van der Waals surface area contributed by atoms with Gasteiger partial charge in [-0.25, -0.2) is 0 Å². The maximum atomic E-state index is 13.3. The van der Waals surface area contributed by atoms with Crippen LogP contribution in [-0.4, -0.2) is 106 Å². The first-order valence-corrected chi connectivity index (χ1v) is 24.5. The van der Waals surface area contributed by atoms with Crippen molar-refractivity contribution in [1.82, 2.24) is 0 Å². The number of hydrogen-bond donors (Lipinski definition) is 4. The molecule has 0 atom stereocenters. The Morgan fingerprint density at radius 1 is 0.603 bits per heavy atom. The van der Waals surface area contributed by atoms with Gasteiger partial charge in [0.25, 0.3) is 26.1 Å². The van der Waals surface area contributed by atoms with E-state index in [1.807, 2.05) is 0 Å². The van der Waals surface area contributed by atoms with Crippen LogP contribution in [0.15, 0.2) is 169 Å². The van der Waals surface area contributed by atoms with E-state index in [0.29, 0.717) is 49.9 Å². The number of ether oxygens (including phenoxy) is 2. The molecular formula is C50H38BaCl2N6O12S2. The van der Waals surface area contributed by atoms with Crippen LogP contribution in [0.5, 0.6) is 23.0 Å². The van der Waals surface area contributed by atoms with Gasteiger partial charge >= 0.3 is 48.9 Å². The molecule has 368 valence electrons. The van der Waals surface area contributed by atoms with E-state index >= 15 is 0 Å². The van der Waals surface area contributed by atoms with E-state index in [1.165, 1.54) is 26.4 Å². The predicted molar refractivity (Wildman–Crippen MR) is 275 cm³/mol. The minimum Gasteiger partial charge on any atom is -0.871 e.